The van der Waals surface area contributed by atoms with Gasteiger partial charge in [0.1, 0.15) is 0 Å². The zero-order chi connectivity index (χ0) is 12.6. The number of likely N-dealkylation sites (tertiary alicyclic amines) is 1. The van der Waals surface area contributed by atoms with Crippen LogP contribution in [0.5, 0.6) is 0 Å². The van der Waals surface area contributed by atoms with Crippen LogP contribution in [0.25, 0.3) is 0 Å². The molecule has 2 fully saturated rings. The van der Waals surface area contributed by atoms with Gasteiger partial charge in [-0.2, -0.15) is 0 Å². The summed E-state index contributed by atoms with van der Waals surface area (Å²) in [6.07, 6.45) is 12.9. The van der Waals surface area contributed by atoms with Gasteiger partial charge in [0, 0.05) is 6.04 Å². The predicted octanol–water partition coefficient (Wildman–Crippen LogP) is 3.42. The van der Waals surface area contributed by atoms with Crippen LogP contribution in [0.2, 0.25) is 0 Å². The molecule has 0 unspecified atom stereocenters. The first-order valence-electron chi connectivity index (χ1n) is 8.34. The number of hydrogen-bond acceptors (Lipinski definition) is 2. The van der Waals surface area contributed by atoms with Crippen molar-refractivity contribution in [2.75, 3.05) is 26.2 Å². The Kier molecular flexibility index (Phi) is 6.50. The molecule has 0 spiro atoms. The van der Waals surface area contributed by atoms with E-state index in [2.05, 4.69) is 17.1 Å². The molecule has 1 aliphatic heterocycles. The Morgan fingerprint density at radius 1 is 1.06 bits per heavy atom. The molecule has 0 aromatic carbocycles. The highest BCUT2D eigenvalue weighted by Gasteiger charge is 2.18. The van der Waals surface area contributed by atoms with Crippen molar-refractivity contribution in [2.24, 2.45) is 5.92 Å². The predicted molar refractivity (Wildman–Crippen MR) is 78.9 cm³/mol. The van der Waals surface area contributed by atoms with Crippen molar-refractivity contribution < 1.29 is 0 Å². The summed E-state index contributed by atoms with van der Waals surface area (Å²) in [5.41, 5.74) is 0. The van der Waals surface area contributed by atoms with Crippen LogP contribution in [0.3, 0.4) is 0 Å². The SMILES string of the molecule is CCCN1CCC(NCCCC2CCCC2)CC1. The molecule has 2 aliphatic rings. The van der Waals surface area contributed by atoms with E-state index in [9.17, 15) is 0 Å². The quantitative estimate of drug-likeness (QED) is 0.698. The van der Waals surface area contributed by atoms with Crippen LogP contribution in [-0.2, 0) is 0 Å². The summed E-state index contributed by atoms with van der Waals surface area (Å²) in [4.78, 5) is 2.62. The first kappa shape index (κ1) is 14.3. The third kappa shape index (κ3) is 4.89. The molecule has 0 bridgehead atoms. The molecule has 1 aliphatic carbocycles. The Bertz CT molecular complexity index is 203. The van der Waals surface area contributed by atoms with Crippen molar-refractivity contribution in [3.05, 3.63) is 0 Å². The smallest absolute Gasteiger partial charge is 0.00914 e. The maximum absolute atomic E-state index is 3.78. The maximum Gasteiger partial charge on any atom is 0.00914 e. The summed E-state index contributed by atoms with van der Waals surface area (Å²) in [6.45, 7) is 7.47. The summed E-state index contributed by atoms with van der Waals surface area (Å²) in [7, 11) is 0. The van der Waals surface area contributed by atoms with Crippen LogP contribution >= 0.6 is 0 Å². The fourth-order valence-corrected chi connectivity index (χ4v) is 3.67. The van der Waals surface area contributed by atoms with Crippen molar-refractivity contribution in [2.45, 2.75) is 70.8 Å². The van der Waals surface area contributed by atoms with Gasteiger partial charge in [0.15, 0.2) is 0 Å². The highest BCUT2D eigenvalue weighted by Crippen LogP contribution is 2.28. The zero-order valence-electron chi connectivity index (χ0n) is 12.3. The van der Waals surface area contributed by atoms with Gasteiger partial charge in [-0.3, -0.25) is 0 Å². The van der Waals surface area contributed by atoms with Crippen LogP contribution in [0, 0.1) is 5.92 Å². The Morgan fingerprint density at radius 3 is 2.44 bits per heavy atom. The lowest BCUT2D eigenvalue weighted by atomic mass is 10.0. The first-order valence-corrected chi connectivity index (χ1v) is 8.34. The van der Waals surface area contributed by atoms with Gasteiger partial charge in [0.2, 0.25) is 0 Å². The monoisotopic (exact) mass is 252 g/mol. The lowest BCUT2D eigenvalue weighted by molar-refractivity contribution is 0.197. The van der Waals surface area contributed by atoms with Gasteiger partial charge >= 0.3 is 0 Å². The molecule has 18 heavy (non-hydrogen) atoms. The minimum absolute atomic E-state index is 0.807. The molecule has 2 rings (SSSR count). The van der Waals surface area contributed by atoms with E-state index in [1.54, 1.807) is 0 Å². The van der Waals surface area contributed by atoms with E-state index < -0.39 is 0 Å². The topological polar surface area (TPSA) is 15.3 Å². The largest absolute Gasteiger partial charge is 0.314 e. The van der Waals surface area contributed by atoms with Gasteiger partial charge in [-0.25, -0.2) is 0 Å². The van der Waals surface area contributed by atoms with Crippen molar-refractivity contribution in [3.63, 3.8) is 0 Å². The molecule has 2 heteroatoms. The number of nitrogens with one attached hydrogen (secondary N) is 1. The molecule has 0 aromatic rings. The summed E-state index contributed by atoms with van der Waals surface area (Å²) in [6, 6.07) is 0.807. The number of piperidine rings is 1. The van der Waals surface area contributed by atoms with Crippen molar-refractivity contribution in [1.29, 1.82) is 0 Å². The van der Waals surface area contributed by atoms with Crippen molar-refractivity contribution in [3.8, 4) is 0 Å². The molecular formula is C16H32N2. The Morgan fingerprint density at radius 2 is 1.78 bits per heavy atom. The zero-order valence-corrected chi connectivity index (χ0v) is 12.3. The minimum Gasteiger partial charge on any atom is -0.314 e. The molecule has 0 amide bonds. The Balaban J connectivity index is 1.47. The Labute approximate surface area is 114 Å². The van der Waals surface area contributed by atoms with Crippen LogP contribution in [-0.4, -0.2) is 37.1 Å². The maximum atomic E-state index is 3.78. The molecule has 106 valence electrons. The molecule has 1 N–H and O–H groups in total. The van der Waals surface area contributed by atoms with Crippen LogP contribution in [0.15, 0.2) is 0 Å². The van der Waals surface area contributed by atoms with Gasteiger partial charge in [0.05, 0.1) is 0 Å². The highest BCUT2D eigenvalue weighted by atomic mass is 15.1. The van der Waals surface area contributed by atoms with Crippen molar-refractivity contribution >= 4 is 0 Å². The van der Waals surface area contributed by atoms with Gasteiger partial charge < -0.3 is 10.2 Å². The fourth-order valence-electron chi connectivity index (χ4n) is 3.67. The third-order valence-corrected chi connectivity index (χ3v) is 4.82. The fraction of sp³-hybridized carbons (Fsp3) is 1.00. The minimum atomic E-state index is 0.807. The average Bonchev–Trinajstić information content (AvgIpc) is 2.90. The van der Waals surface area contributed by atoms with E-state index in [0.717, 1.165) is 12.0 Å². The molecule has 1 saturated carbocycles. The van der Waals surface area contributed by atoms with Gasteiger partial charge in [0.25, 0.3) is 0 Å². The third-order valence-electron chi connectivity index (χ3n) is 4.82. The average molecular weight is 252 g/mol. The number of nitrogens with zero attached hydrogens (tertiary/aromatic N) is 1. The second-order valence-electron chi connectivity index (χ2n) is 6.36. The molecule has 1 saturated heterocycles. The first-order chi connectivity index (χ1) is 8.88. The van der Waals surface area contributed by atoms with E-state index in [0.29, 0.717) is 0 Å². The van der Waals surface area contributed by atoms with Gasteiger partial charge in [-0.15, -0.1) is 0 Å². The highest BCUT2D eigenvalue weighted by molar-refractivity contribution is 4.77. The lowest BCUT2D eigenvalue weighted by Crippen LogP contribution is -2.42. The van der Waals surface area contributed by atoms with E-state index >= 15 is 0 Å². The van der Waals surface area contributed by atoms with Crippen LogP contribution in [0.1, 0.15) is 64.7 Å². The second kappa shape index (κ2) is 8.16. The summed E-state index contributed by atoms with van der Waals surface area (Å²) < 4.78 is 0. The molecule has 2 nitrogen and oxygen atoms in total. The Hall–Kier alpha value is -0.0800. The standard InChI is InChI=1S/C16H32N2/c1-2-12-18-13-9-16(10-14-18)17-11-5-8-15-6-3-4-7-15/h15-17H,2-14H2,1H3. The lowest BCUT2D eigenvalue weighted by Gasteiger charge is -2.32. The summed E-state index contributed by atoms with van der Waals surface area (Å²) >= 11 is 0. The van der Waals surface area contributed by atoms with Crippen LogP contribution in [0.4, 0.5) is 0 Å². The molecule has 1 heterocycles. The normalized spacial score (nSPS) is 23.8. The number of hydrogen-bond donors (Lipinski definition) is 1. The van der Waals surface area contributed by atoms with Gasteiger partial charge in [-0.1, -0.05) is 32.6 Å². The molecular weight excluding hydrogens is 220 g/mol. The molecule has 0 radical (unpaired) electrons. The summed E-state index contributed by atoms with van der Waals surface area (Å²) in [5.74, 6) is 1.07. The van der Waals surface area contributed by atoms with Crippen molar-refractivity contribution in [1.82, 2.24) is 10.2 Å². The second-order valence-corrected chi connectivity index (χ2v) is 6.36. The van der Waals surface area contributed by atoms with Gasteiger partial charge in [-0.05, 0) is 64.2 Å². The van der Waals surface area contributed by atoms with E-state index in [1.165, 1.54) is 84.0 Å². The van der Waals surface area contributed by atoms with Crippen LogP contribution < -0.4 is 5.32 Å². The summed E-state index contributed by atoms with van der Waals surface area (Å²) in [5, 5.41) is 3.78. The number of rotatable bonds is 7. The molecule has 0 atom stereocenters. The van der Waals surface area contributed by atoms with E-state index in [1.807, 2.05) is 0 Å². The van der Waals surface area contributed by atoms with E-state index in [4.69, 9.17) is 0 Å². The molecule has 0 aromatic heterocycles. The van der Waals surface area contributed by atoms with E-state index in [-0.39, 0.29) is 0 Å².